The number of hydrogen-bond donors (Lipinski definition) is 6. The number of carbonyl (C=O) groups excluding carboxylic acids is 2. The summed E-state index contributed by atoms with van der Waals surface area (Å²) in [5.74, 6) is -2.10. The number of amides is 3. The third-order valence-corrected chi connectivity index (χ3v) is 4.02. The van der Waals surface area contributed by atoms with Gasteiger partial charge in [0.2, 0.25) is 5.91 Å². The molecule has 0 aliphatic carbocycles. The minimum atomic E-state index is -1.31. The van der Waals surface area contributed by atoms with Crippen LogP contribution in [0.4, 0.5) is 10.5 Å². The van der Waals surface area contributed by atoms with Gasteiger partial charge in [-0.2, -0.15) is 0 Å². The Morgan fingerprint density at radius 3 is 2.28 bits per heavy atom. The van der Waals surface area contributed by atoms with Gasteiger partial charge in [0.15, 0.2) is 12.0 Å². The van der Waals surface area contributed by atoms with Gasteiger partial charge in [0, 0.05) is 19.0 Å². The van der Waals surface area contributed by atoms with Crippen molar-refractivity contribution in [2.24, 2.45) is 11.5 Å². The predicted octanol–water partition coefficient (Wildman–Crippen LogP) is 1.09. The zero-order valence-corrected chi connectivity index (χ0v) is 15.7. The van der Waals surface area contributed by atoms with Crippen LogP contribution in [0.25, 0.3) is 11.1 Å². The van der Waals surface area contributed by atoms with Gasteiger partial charge >= 0.3 is 12.0 Å². The first-order valence-electron chi connectivity index (χ1n) is 8.56. The van der Waals surface area contributed by atoms with E-state index >= 15 is 0 Å². The second-order valence-corrected chi connectivity index (χ2v) is 6.24. The van der Waals surface area contributed by atoms with Crippen LogP contribution in [-0.2, 0) is 16.0 Å². The largest absolute Gasteiger partial charge is 0.480 e. The normalized spacial score (nSPS) is 11.2. The maximum atomic E-state index is 11.7. The van der Waals surface area contributed by atoms with Crippen LogP contribution in [-0.4, -0.2) is 40.0 Å². The number of nitrogens with zero attached hydrogens (tertiary/aromatic N) is 1. The molecule has 2 aromatic carbocycles. The summed E-state index contributed by atoms with van der Waals surface area (Å²) in [7, 11) is 0. The van der Waals surface area contributed by atoms with Crippen molar-refractivity contribution in [1.82, 2.24) is 10.4 Å². The minimum Gasteiger partial charge on any atom is -0.480 e. The highest BCUT2D eigenvalue weighted by atomic mass is 16.4. The Hall–Kier alpha value is -4.08. The summed E-state index contributed by atoms with van der Waals surface area (Å²) in [5.41, 5.74) is 15.5. The number of nitrogens with two attached hydrogens (primary N) is 2. The highest BCUT2D eigenvalue weighted by molar-refractivity contribution is 5.90. The molecule has 152 valence electrons. The van der Waals surface area contributed by atoms with Crippen molar-refractivity contribution in [3.63, 3.8) is 0 Å². The number of guanidine groups is 1. The SMILES string of the molecule is CC(=O)N(NC(N)=O)[C@@H](Cc1ccc(-c2cccc(NC(=N)N)c2)cc1)C(=O)O. The van der Waals surface area contributed by atoms with E-state index in [2.05, 4.69) is 5.32 Å². The fraction of sp³-hybridized carbons (Fsp3) is 0.158. The summed E-state index contributed by atoms with van der Waals surface area (Å²) in [6.07, 6.45) is -0.0264. The summed E-state index contributed by atoms with van der Waals surface area (Å²) in [5, 5.41) is 20.2. The second-order valence-electron chi connectivity index (χ2n) is 6.24. The van der Waals surface area contributed by atoms with Crippen molar-refractivity contribution in [3.05, 3.63) is 54.1 Å². The lowest BCUT2D eigenvalue weighted by Gasteiger charge is -2.27. The van der Waals surface area contributed by atoms with Gasteiger partial charge in [0.1, 0.15) is 0 Å². The van der Waals surface area contributed by atoms with Crippen molar-refractivity contribution >= 4 is 29.6 Å². The molecule has 0 saturated carbocycles. The Bertz CT molecular complexity index is 929. The Morgan fingerprint density at radius 1 is 1.10 bits per heavy atom. The molecule has 0 radical (unpaired) electrons. The van der Waals surface area contributed by atoms with Crippen LogP contribution >= 0.6 is 0 Å². The number of carboxylic acids is 1. The maximum absolute atomic E-state index is 11.7. The van der Waals surface area contributed by atoms with E-state index in [0.717, 1.165) is 18.1 Å². The number of carboxylic acid groups (broad SMARTS) is 1. The number of rotatable bonds is 6. The van der Waals surface area contributed by atoms with Crippen LogP contribution in [0.15, 0.2) is 48.5 Å². The summed E-state index contributed by atoms with van der Waals surface area (Å²) >= 11 is 0. The highest BCUT2D eigenvalue weighted by Crippen LogP contribution is 2.23. The van der Waals surface area contributed by atoms with E-state index in [1.54, 1.807) is 30.3 Å². The van der Waals surface area contributed by atoms with Crippen molar-refractivity contribution in [3.8, 4) is 11.1 Å². The fourth-order valence-corrected chi connectivity index (χ4v) is 2.77. The lowest BCUT2D eigenvalue weighted by Crippen LogP contribution is -2.56. The van der Waals surface area contributed by atoms with Gasteiger partial charge in [-0.05, 0) is 28.8 Å². The smallest absolute Gasteiger partial charge is 0.331 e. The van der Waals surface area contributed by atoms with Crippen LogP contribution in [0.2, 0.25) is 0 Å². The number of hydrogen-bond acceptors (Lipinski definition) is 4. The molecular formula is C19H22N6O4. The number of aliphatic carboxylic acids is 1. The number of benzene rings is 2. The maximum Gasteiger partial charge on any atom is 0.331 e. The van der Waals surface area contributed by atoms with Crippen LogP contribution in [0.5, 0.6) is 0 Å². The molecule has 10 heteroatoms. The molecule has 0 spiro atoms. The lowest BCUT2D eigenvalue weighted by molar-refractivity contribution is -0.151. The summed E-state index contributed by atoms with van der Waals surface area (Å²) in [6.45, 7) is 1.14. The third kappa shape index (κ3) is 5.96. The standard InChI is InChI=1S/C19H22N6O4/c1-11(26)25(24-19(22)29)16(17(27)28)9-12-5-7-13(8-6-12)14-3-2-4-15(10-14)23-18(20)21/h2-8,10,16H,9H2,1H3,(H,27,28)(H4,20,21,23)(H3,22,24,29)/t16-/m0/s1. The van der Waals surface area contributed by atoms with Crippen LogP contribution < -0.4 is 22.2 Å². The number of urea groups is 1. The predicted molar refractivity (Wildman–Crippen MR) is 108 cm³/mol. The monoisotopic (exact) mass is 398 g/mol. The molecule has 0 saturated heterocycles. The molecule has 0 bridgehead atoms. The van der Waals surface area contributed by atoms with Crippen LogP contribution in [0, 0.1) is 5.41 Å². The number of primary amides is 1. The van der Waals surface area contributed by atoms with Gasteiger partial charge in [-0.1, -0.05) is 36.4 Å². The van der Waals surface area contributed by atoms with Gasteiger partial charge in [-0.15, -0.1) is 0 Å². The zero-order chi connectivity index (χ0) is 21.6. The van der Waals surface area contributed by atoms with Crippen molar-refractivity contribution < 1.29 is 19.5 Å². The number of carbonyl (C=O) groups is 3. The molecule has 0 fully saturated rings. The molecule has 0 aliphatic heterocycles. The molecule has 10 nitrogen and oxygen atoms in total. The molecule has 1 atom stereocenters. The Labute approximate surface area is 167 Å². The topological polar surface area (TPSA) is 175 Å². The van der Waals surface area contributed by atoms with Crippen LogP contribution in [0.3, 0.4) is 0 Å². The molecule has 2 aromatic rings. The molecule has 0 aliphatic rings. The summed E-state index contributed by atoms with van der Waals surface area (Å²) in [6, 6.07) is 12.0. The Balaban J connectivity index is 2.22. The molecule has 0 aromatic heterocycles. The van der Waals surface area contributed by atoms with Crippen molar-refractivity contribution in [2.45, 2.75) is 19.4 Å². The molecule has 29 heavy (non-hydrogen) atoms. The third-order valence-electron chi connectivity index (χ3n) is 4.02. The van der Waals surface area contributed by atoms with E-state index in [-0.39, 0.29) is 12.4 Å². The van der Waals surface area contributed by atoms with E-state index in [0.29, 0.717) is 16.3 Å². The Morgan fingerprint density at radius 2 is 1.76 bits per heavy atom. The average Bonchev–Trinajstić information content (AvgIpc) is 2.64. The van der Waals surface area contributed by atoms with Crippen molar-refractivity contribution in [2.75, 3.05) is 5.32 Å². The Kier molecular flexibility index (Phi) is 6.75. The quantitative estimate of drug-likeness (QED) is 0.241. The second kappa shape index (κ2) is 9.22. The average molecular weight is 398 g/mol. The van der Waals surface area contributed by atoms with Crippen molar-refractivity contribution in [1.29, 1.82) is 5.41 Å². The lowest BCUT2D eigenvalue weighted by atomic mass is 10.00. The first kappa shape index (κ1) is 21.2. The van der Waals surface area contributed by atoms with E-state index < -0.39 is 23.9 Å². The van der Waals surface area contributed by atoms with Crippen LogP contribution in [0.1, 0.15) is 12.5 Å². The fourth-order valence-electron chi connectivity index (χ4n) is 2.77. The molecule has 2 rings (SSSR count). The van der Waals surface area contributed by atoms with E-state index in [1.165, 1.54) is 0 Å². The van der Waals surface area contributed by atoms with E-state index in [9.17, 15) is 19.5 Å². The van der Waals surface area contributed by atoms with Gasteiger partial charge < -0.3 is 21.9 Å². The summed E-state index contributed by atoms with van der Waals surface area (Å²) < 4.78 is 0. The van der Waals surface area contributed by atoms with Gasteiger partial charge in [-0.25, -0.2) is 20.0 Å². The number of hydrazine groups is 1. The first-order chi connectivity index (χ1) is 13.7. The first-order valence-corrected chi connectivity index (χ1v) is 8.56. The molecule has 3 amide bonds. The van der Waals surface area contributed by atoms with Gasteiger partial charge in [-0.3, -0.25) is 10.2 Å². The molecule has 0 heterocycles. The number of nitrogens with one attached hydrogen (secondary N) is 3. The molecule has 8 N–H and O–H groups in total. The van der Waals surface area contributed by atoms with E-state index in [4.69, 9.17) is 16.9 Å². The molecular weight excluding hydrogens is 376 g/mol. The zero-order valence-electron chi connectivity index (χ0n) is 15.7. The van der Waals surface area contributed by atoms with E-state index in [1.807, 2.05) is 23.6 Å². The number of anilines is 1. The van der Waals surface area contributed by atoms with Gasteiger partial charge in [0.05, 0.1) is 0 Å². The molecule has 0 unspecified atom stereocenters. The summed E-state index contributed by atoms with van der Waals surface area (Å²) in [4.78, 5) is 34.4. The highest BCUT2D eigenvalue weighted by Gasteiger charge is 2.29. The van der Waals surface area contributed by atoms with Gasteiger partial charge in [0.25, 0.3) is 0 Å². The minimum absolute atomic E-state index is 0.0264.